The predicted octanol–water partition coefficient (Wildman–Crippen LogP) is -1.98. The van der Waals surface area contributed by atoms with Gasteiger partial charge in [0, 0.05) is 10.9 Å². The fourth-order valence-corrected chi connectivity index (χ4v) is 3.07. The summed E-state index contributed by atoms with van der Waals surface area (Å²) in [6.07, 6.45) is 2.06. The summed E-state index contributed by atoms with van der Waals surface area (Å²) in [7, 11) is 0. The molecule has 3 aromatic rings. The quantitative estimate of drug-likeness (QED) is 0.103. The fraction of sp³-hybridized carbons (Fsp3) is 0.190. The number of furan rings is 1. The third-order valence-electron chi connectivity index (χ3n) is 3.65. The molecule has 1 aromatic heterocycles. The second-order valence-electron chi connectivity index (χ2n) is 5.85. The minimum Gasteiger partial charge on any atom is -1.00 e. The number of ether oxygens (including phenoxy) is 1. The zero-order valence-electron chi connectivity index (χ0n) is 20.1. The van der Waals surface area contributed by atoms with Crippen LogP contribution in [0.1, 0.15) is 23.5 Å². The van der Waals surface area contributed by atoms with Crippen molar-refractivity contribution in [2.24, 2.45) is 0 Å². The van der Waals surface area contributed by atoms with Crippen LogP contribution in [-0.4, -0.2) is 24.3 Å². The first kappa shape index (κ1) is 39.6. The molecule has 0 aliphatic carbocycles. The number of aryl methyl sites for hydroxylation is 2. The van der Waals surface area contributed by atoms with E-state index in [2.05, 4.69) is 4.89 Å². The Morgan fingerprint density at radius 3 is 2.00 bits per heavy atom. The van der Waals surface area contributed by atoms with Gasteiger partial charge in [0.1, 0.15) is 23.0 Å². The van der Waals surface area contributed by atoms with Gasteiger partial charge in [-0.05, 0) is 32.0 Å². The van der Waals surface area contributed by atoms with Gasteiger partial charge in [0.05, 0.1) is 5.02 Å². The van der Waals surface area contributed by atoms with Crippen LogP contribution in [-0.2, 0) is 28.9 Å². The number of fused-ring (bicyclic) bond motifs is 2. The molecule has 4 rings (SSSR count). The topological polar surface area (TPSA) is 140 Å². The fourth-order valence-electron chi connectivity index (χ4n) is 2.42. The van der Waals surface area contributed by atoms with Crippen LogP contribution in [0.25, 0.3) is 11.0 Å². The van der Waals surface area contributed by atoms with Gasteiger partial charge in [0.15, 0.2) is 5.56 Å². The summed E-state index contributed by atoms with van der Waals surface area (Å²) in [5.74, 6) is 0.806. The van der Waals surface area contributed by atoms with Crippen molar-refractivity contribution in [1.29, 1.82) is 0 Å². The first-order chi connectivity index (χ1) is 15.7. The maximum absolute atomic E-state index is 8.64. The van der Waals surface area contributed by atoms with Crippen molar-refractivity contribution in [3.05, 3.63) is 64.4 Å². The number of carbonyl (C=O) groups excluding carboxylic acids is 5. The Balaban J connectivity index is -0.000000198. The molecule has 9 nitrogen and oxygen atoms in total. The molecule has 35 heavy (non-hydrogen) atoms. The van der Waals surface area contributed by atoms with Crippen LogP contribution in [0, 0.1) is 13.8 Å². The molecule has 178 valence electrons. The number of halogens is 3. The van der Waals surface area contributed by atoms with Gasteiger partial charge in [-0.2, -0.15) is 19.2 Å². The van der Waals surface area contributed by atoms with Crippen LogP contribution >= 0.6 is 34.8 Å². The molecule has 0 bridgehead atoms. The minimum atomic E-state index is -0.427. The summed E-state index contributed by atoms with van der Waals surface area (Å²) in [6.45, 7) is 3.87. The molecule has 0 N–H and O–H groups in total. The molecule has 0 spiro atoms. The van der Waals surface area contributed by atoms with E-state index in [-0.39, 0.29) is 128 Å². The van der Waals surface area contributed by atoms with Crippen molar-refractivity contribution in [1.82, 2.24) is 0 Å². The van der Waals surface area contributed by atoms with Crippen molar-refractivity contribution in [2.45, 2.75) is 24.8 Å². The zero-order chi connectivity index (χ0) is 25.4. The van der Waals surface area contributed by atoms with Gasteiger partial charge in [-0.3, -0.25) is 4.79 Å². The standard InChI is InChI=1S/C9H8Cl2O.C9H7ClO.CH2O3.2CO2.2K.H/c1-5-2-3-7-6(4-5)8(10)9(11)12-7;1-6-2-3-9-7(4-6)8(10)5-11-9;2-1-4-3;2*2-1-3;;;/h2-4,8-9H,1H3;2-5H,1H3;1,3H;;;;;/q;;;;;2*+1;-1/p-1. The van der Waals surface area contributed by atoms with Crippen molar-refractivity contribution in [3.8, 4) is 5.75 Å². The van der Waals surface area contributed by atoms with Crippen LogP contribution in [0.15, 0.2) is 47.1 Å². The number of rotatable bonds is 1. The summed E-state index contributed by atoms with van der Waals surface area (Å²) in [5, 5.41) is 9.89. The third-order valence-corrected chi connectivity index (χ3v) is 4.88. The smallest absolute Gasteiger partial charge is 1.00 e. The van der Waals surface area contributed by atoms with Gasteiger partial charge in [-0.15, -0.1) is 11.6 Å². The summed E-state index contributed by atoms with van der Waals surface area (Å²) >= 11 is 17.7. The summed E-state index contributed by atoms with van der Waals surface area (Å²) in [5.41, 5.74) is 3.79. The second-order valence-corrected chi connectivity index (χ2v) is 7.16. The number of carbonyl (C=O) groups is 1. The van der Waals surface area contributed by atoms with Crippen LogP contribution in [0.3, 0.4) is 0 Å². The monoisotopic (exact) mass is 596 g/mol. The van der Waals surface area contributed by atoms with E-state index in [9.17, 15) is 0 Å². The maximum atomic E-state index is 8.64. The number of hydrogen-bond acceptors (Lipinski definition) is 9. The molecule has 0 amide bonds. The Bertz CT molecular complexity index is 1090. The van der Waals surface area contributed by atoms with E-state index in [1.807, 2.05) is 50.2 Å². The molecule has 0 radical (unpaired) electrons. The van der Waals surface area contributed by atoms with Crippen LogP contribution < -0.4 is 113 Å². The van der Waals surface area contributed by atoms with Gasteiger partial charge in [0.2, 0.25) is 0 Å². The zero-order valence-corrected chi connectivity index (χ0v) is 27.6. The Hall–Kier alpha value is 0.113. The van der Waals surface area contributed by atoms with Crippen molar-refractivity contribution >= 4 is 64.5 Å². The first-order valence-electron chi connectivity index (χ1n) is 8.60. The molecule has 0 saturated carbocycles. The first-order valence-corrected chi connectivity index (χ1v) is 9.85. The van der Waals surface area contributed by atoms with E-state index in [4.69, 9.17) is 73.2 Å². The maximum Gasteiger partial charge on any atom is 1.00 e. The Morgan fingerprint density at radius 1 is 1.00 bits per heavy atom. The molecule has 2 aromatic carbocycles. The Labute approximate surface area is 302 Å². The molecule has 1 aliphatic rings. The predicted molar refractivity (Wildman–Crippen MR) is 114 cm³/mol. The third kappa shape index (κ3) is 15.2. The van der Waals surface area contributed by atoms with Gasteiger partial charge in [-0.1, -0.05) is 52.5 Å². The van der Waals surface area contributed by atoms with Crippen molar-refractivity contribution in [3.63, 3.8) is 0 Å². The van der Waals surface area contributed by atoms with Crippen molar-refractivity contribution in [2.75, 3.05) is 0 Å². The van der Waals surface area contributed by atoms with E-state index in [1.54, 1.807) is 6.26 Å². The van der Waals surface area contributed by atoms with Crippen molar-refractivity contribution < 1.29 is 147 Å². The average molecular weight is 598 g/mol. The average Bonchev–Trinajstić information content (AvgIpc) is 3.29. The van der Waals surface area contributed by atoms with Crippen LogP contribution in [0.2, 0.25) is 5.02 Å². The Morgan fingerprint density at radius 2 is 1.49 bits per heavy atom. The number of benzene rings is 2. The van der Waals surface area contributed by atoms with Gasteiger partial charge >= 0.3 is 115 Å². The van der Waals surface area contributed by atoms with Gasteiger partial charge in [0.25, 0.3) is 6.47 Å². The second kappa shape index (κ2) is 23.2. The Kier molecular flexibility index (Phi) is 26.3. The summed E-state index contributed by atoms with van der Waals surface area (Å²) in [4.78, 5) is 43.8. The molecule has 1 aliphatic heterocycles. The molecule has 0 fully saturated rings. The normalized spacial score (nSPS) is 13.5. The minimum absolute atomic E-state index is 0. The number of alkyl halides is 2. The molecule has 2 unspecified atom stereocenters. The van der Waals surface area contributed by atoms with E-state index in [1.165, 1.54) is 11.1 Å². The SMILES string of the molecule is Cc1ccc2c(c1)C(Cl)C(Cl)O2.Cc1ccc2occ(Cl)c2c1.O=C=O.O=C=O.O=CO[O-].[H-].[K+].[K+]. The largest absolute Gasteiger partial charge is 1.00 e. The molecule has 14 heteroatoms. The van der Waals surface area contributed by atoms with Gasteiger partial charge in [-0.25, -0.2) is 0 Å². The molecule has 0 saturated heterocycles. The number of hydrogen-bond donors (Lipinski definition) is 0. The molecule has 2 heterocycles. The molecule has 2 atom stereocenters. The summed E-state index contributed by atoms with van der Waals surface area (Å²) < 4.78 is 10.5. The van der Waals surface area contributed by atoms with E-state index in [0.29, 0.717) is 5.02 Å². The van der Waals surface area contributed by atoms with Crippen LogP contribution in [0.5, 0.6) is 5.75 Å². The van der Waals surface area contributed by atoms with Gasteiger partial charge < -0.3 is 20.7 Å². The molecular weight excluding hydrogens is 581 g/mol. The van der Waals surface area contributed by atoms with E-state index < -0.39 is 5.56 Å². The molecular formula is C21H17Cl3K2O9. The summed E-state index contributed by atoms with van der Waals surface area (Å²) in [6, 6.07) is 11.8. The van der Waals surface area contributed by atoms with Crippen LogP contribution in [0.4, 0.5) is 0 Å². The van der Waals surface area contributed by atoms with E-state index >= 15 is 0 Å². The van der Waals surface area contributed by atoms with E-state index in [0.717, 1.165) is 22.3 Å².